The second kappa shape index (κ2) is 5.30. The zero-order chi connectivity index (χ0) is 11.3. The van der Waals surface area contributed by atoms with E-state index in [1.54, 1.807) is 6.08 Å². The van der Waals surface area contributed by atoms with Crippen molar-refractivity contribution in [3.05, 3.63) is 54.6 Å². The molecule has 0 saturated carbocycles. The van der Waals surface area contributed by atoms with Crippen molar-refractivity contribution in [2.45, 2.75) is 20.3 Å². The Hall–Kier alpha value is -1.63. The van der Waals surface area contributed by atoms with Gasteiger partial charge in [-0.15, -0.1) is 6.58 Å². The van der Waals surface area contributed by atoms with Crippen LogP contribution in [0.25, 0.3) is 0 Å². The van der Waals surface area contributed by atoms with E-state index in [0.29, 0.717) is 0 Å². The molecule has 0 aliphatic heterocycles. The molecule has 0 N–H and O–H groups in total. The van der Waals surface area contributed by atoms with Crippen molar-refractivity contribution in [1.29, 1.82) is 0 Å². The van der Waals surface area contributed by atoms with E-state index < -0.39 is 0 Å². The van der Waals surface area contributed by atoms with Crippen molar-refractivity contribution in [1.82, 2.24) is 0 Å². The fraction of sp³-hybridized carbons (Fsp3) is 0.214. The lowest BCUT2D eigenvalue weighted by molar-refractivity contribution is 1.33. The average Bonchev–Trinajstić information content (AvgIpc) is 2.21. The predicted octanol–water partition coefficient (Wildman–Crippen LogP) is 4.14. The summed E-state index contributed by atoms with van der Waals surface area (Å²) in [6.45, 7) is 11.6. The van der Waals surface area contributed by atoms with Crippen LogP contribution in [0, 0.1) is 13.8 Å². The van der Waals surface area contributed by atoms with Gasteiger partial charge in [0.05, 0.1) is 5.69 Å². The van der Waals surface area contributed by atoms with E-state index in [0.717, 1.165) is 17.8 Å². The predicted molar refractivity (Wildman–Crippen MR) is 68.0 cm³/mol. The molecule has 0 spiro atoms. The summed E-state index contributed by atoms with van der Waals surface area (Å²) in [7, 11) is 0. The maximum absolute atomic E-state index is 4.53. The number of nitrogens with zero attached hydrogens (tertiary/aromatic N) is 1. The zero-order valence-electron chi connectivity index (χ0n) is 9.46. The van der Waals surface area contributed by atoms with Gasteiger partial charge in [-0.3, -0.25) is 4.99 Å². The lowest BCUT2D eigenvalue weighted by atomic mass is 10.1. The summed E-state index contributed by atoms with van der Waals surface area (Å²) in [6, 6.07) is 6.24. The second-order valence-electron chi connectivity index (χ2n) is 3.59. The quantitative estimate of drug-likeness (QED) is 0.510. The third kappa shape index (κ3) is 3.21. The molecular formula is C14H17N. The molecule has 78 valence electrons. The summed E-state index contributed by atoms with van der Waals surface area (Å²) in [4.78, 5) is 4.53. The lowest BCUT2D eigenvalue weighted by Crippen LogP contribution is -1.90. The molecule has 0 amide bonds. The van der Waals surface area contributed by atoms with Crippen LogP contribution >= 0.6 is 0 Å². The van der Waals surface area contributed by atoms with Crippen LogP contribution in [-0.4, -0.2) is 5.71 Å². The van der Waals surface area contributed by atoms with Gasteiger partial charge in [-0.1, -0.05) is 30.4 Å². The van der Waals surface area contributed by atoms with Crippen LogP contribution < -0.4 is 0 Å². The number of allylic oxidation sites excluding steroid dienone is 2. The van der Waals surface area contributed by atoms with Crippen molar-refractivity contribution in [3.63, 3.8) is 0 Å². The van der Waals surface area contributed by atoms with Crippen molar-refractivity contribution >= 4 is 11.4 Å². The minimum atomic E-state index is 0.761. The van der Waals surface area contributed by atoms with Gasteiger partial charge in [0.25, 0.3) is 0 Å². The van der Waals surface area contributed by atoms with Gasteiger partial charge in [0.1, 0.15) is 0 Å². The molecule has 1 heteroatoms. The third-order valence-corrected chi connectivity index (χ3v) is 2.21. The average molecular weight is 199 g/mol. The summed E-state index contributed by atoms with van der Waals surface area (Å²) in [5.41, 5.74) is 4.42. The molecule has 0 unspecified atom stereocenters. The summed E-state index contributed by atoms with van der Waals surface area (Å²) < 4.78 is 0. The molecule has 0 aliphatic rings. The topological polar surface area (TPSA) is 12.4 Å². The van der Waals surface area contributed by atoms with Gasteiger partial charge >= 0.3 is 0 Å². The molecule has 0 bridgehead atoms. The highest BCUT2D eigenvalue weighted by Crippen LogP contribution is 2.20. The highest BCUT2D eigenvalue weighted by Gasteiger charge is 1.97. The van der Waals surface area contributed by atoms with Crippen molar-refractivity contribution in [3.8, 4) is 0 Å². The van der Waals surface area contributed by atoms with Gasteiger partial charge < -0.3 is 0 Å². The van der Waals surface area contributed by atoms with Gasteiger partial charge in [0, 0.05) is 12.1 Å². The van der Waals surface area contributed by atoms with Crippen molar-refractivity contribution in [2.24, 2.45) is 4.99 Å². The van der Waals surface area contributed by atoms with E-state index in [9.17, 15) is 0 Å². The first-order valence-electron chi connectivity index (χ1n) is 5.05. The Bertz CT molecular complexity index is 400. The van der Waals surface area contributed by atoms with Gasteiger partial charge in [0.2, 0.25) is 0 Å². The first kappa shape index (κ1) is 11.4. The SMILES string of the molecule is C=CCC(C=C)=Nc1ccc(C)cc1C. The fourth-order valence-electron chi connectivity index (χ4n) is 1.41. The molecule has 0 aliphatic carbocycles. The van der Waals surface area contributed by atoms with Crippen LogP contribution in [0.3, 0.4) is 0 Å². The maximum Gasteiger partial charge on any atom is 0.0662 e. The molecule has 1 nitrogen and oxygen atoms in total. The number of benzene rings is 1. The highest BCUT2D eigenvalue weighted by atomic mass is 14.7. The Morgan fingerprint density at radius 1 is 1.33 bits per heavy atom. The molecule has 0 heterocycles. The first-order chi connectivity index (χ1) is 7.17. The van der Waals surface area contributed by atoms with E-state index >= 15 is 0 Å². The Balaban J connectivity index is 3.05. The van der Waals surface area contributed by atoms with E-state index in [1.165, 1.54) is 11.1 Å². The molecule has 1 rings (SSSR count). The second-order valence-corrected chi connectivity index (χ2v) is 3.59. The minimum Gasteiger partial charge on any atom is -0.253 e. The van der Waals surface area contributed by atoms with Crippen molar-refractivity contribution in [2.75, 3.05) is 0 Å². The van der Waals surface area contributed by atoms with Crippen molar-refractivity contribution < 1.29 is 0 Å². The number of hydrogen-bond acceptors (Lipinski definition) is 1. The van der Waals surface area contributed by atoms with Gasteiger partial charge in [-0.05, 0) is 31.6 Å². The number of aryl methyl sites for hydroxylation is 2. The largest absolute Gasteiger partial charge is 0.253 e. The highest BCUT2D eigenvalue weighted by molar-refractivity contribution is 5.97. The summed E-state index contributed by atoms with van der Waals surface area (Å²) in [5, 5.41) is 0. The van der Waals surface area contributed by atoms with E-state index in [4.69, 9.17) is 0 Å². The number of aliphatic imine (C=N–C) groups is 1. The molecule has 0 atom stereocenters. The molecular weight excluding hydrogens is 182 g/mol. The monoisotopic (exact) mass is 199 g/mol. The fourth-order valence-corrected chi connectivity index (χ4v) is 1.41. The minimum absolute atomic E-state index is 0.761. The van der Waals surface area contributed by atoms with E-state index in [2.05, 4.69) is 44.1 Å². The summed E-state index contributed by atoms with van der Waals surface area (Å²) >= 11 is 0. The van der Waals surface area contributed by atoms with Crippen LogP contribution in [-0.2, 0) is 0 Å². The van der Waals surface area contributed by atoms with Crippen LogP contribution in [0.1, 0.15) is 17.5 Å². The van der Waals surface area contributed by atoms with Crippen LogP contribution in [0.2, 0.25) is 0 Å². The number of rotatable bonds is 4. The number of hydrogen-bond donors (Lipinski definition) is 0. The Morgan fingerprint density at radius 3 is 2.60 bits per heavy atom. The van der Waals surface area contributed by atoms with E-state index in [-0.39, 0.29) is 0 Å². The van der Waals surface area contributed by atoms with Gasteiger partial charge in [0.15, 0.2) is 0 Å². The molecule has 0 fully saturated rings. The van der Waals surface area contributed by atoms with Gasteiger partial charge in [-0.25, -0.2) is 0 Å². The molecule has 0 aromatic heterocycles. The van der Waals surface area contributed by atoms with Gasteiger partial charge in [-0.2, -0.15) is 0 Å². The smallest absolute Gasteiger partial charge is 0.0662 e. The molecule has 15 heavy (non-hydrogen) atoms. The normalized spacial score (nSPS) is 11.2. The maximum atomic E-state index is 4.53. The lowest BCUT2D eigenvalue weighted by Gasteiger charge is -2.03. The van der Waals surface area contributed by atoms with Crippen LogP contribution in [0.5, 0.6) is 0 Å². The Morgan fingerprint density at radius 2 is 2.07 bits per heavy atom. The summed E-state index contributed by atoms with van der Waals surface area (Å²) in [5.74, 6) is 0. The molecule has 1 aromatic carbocycles. The molecule has 1 aromatic rings. The summed E-state index contributed by atoms with van der Waals surface area (Å²) in [6.07, 6.45) is 4.38. The van der Waals surface area contributed by atoms with Crippen LogP contribution in [0.15, 0.2) is 48.5 Å². The molecule has 0 saturated heterocycles. The zero-order valence-corrected chi connectivity index (χ0v) is 9.46. The third-order valence-electron chi connectivity index (χ3n) is 2.21. The van der Waals surface area contributed by atoms with Crippen LogP contribution in [0.4, 0.5) is 5.69 Å². The Kier molecular flexibility index (Phi) is 4.04. The first-order valence-corrected chi connectivity index (χ1v) is 5.05. The standard InChI is InChI=1S/C14H17N/c1-5-7-13(6-2)15-14-9-8-11(3)10-12(14)4/h5-6,8-10H,1-2,7H2,3-4H3. The van der Waals surface area contributed by atoms with E-state index in [1.807, 2.05) is 12.1 Å². The Labute approximate surface area is 91.9 Å². The molecule has 0 radical (unpaired) electrons.